The highest BCUT2D eigenvalue weighted by molar-refractivity contribution is 7.89. The fourth-order valence-electron chi connectivity index (χ4n) is 2.73. The number of piperazine rings is 1. The first-order valence-electron chi connectivity index (χ1n) is 8.01. The van der Waals surface area contributed by atoms with Gasteiger partial charge in [-0.2, -0.15) is 4.31 Å². The summed E-state index contributed by atoms with van der Waals surface area (Å²) in [7, 11) is -3.55. The molecule has 1 fully saturated rings. The Balaban J connectivity index is 1.63. The van der Waals surface area contributed by atoms with E-state index in [2.05, 4.69) is 22.2 Å². The Labute approximate surface area is 162 Å². The van der Waals surface area contributed by atoms with Crippen LogP contribution < -0.4 is 0 Å². The number of aryl methyl sites for hydroxylation is 1. The lowest BCUT2D eigenvalue weighted by Gasteiger charge is -2.33. The topological polar surface area (TPSA) is 53.5 Å². The number of sulfonamides is 1. The molecule has 9 heteroatoms. The Bertz CT molecular complexity index is 847. The largest absolute Gasteiger partial charge is 0.295 e. The number of rotatable bonds is 5. The van der Waals surface area contributed by atoms with Crippen LogP contribution in [0, 0.1) is 0 Å². The van der Waals surface area contributed by atoms with E-state index in [1.807, 2.05) is 0 Å². The van der Waals surface area contributed by atoms with Crippen LogP contribution in [0.5, 0.6) is 0 Å². The van der Waals surface area contributed by atoms with Crippen LogP contribution in [-0.4, -0.2) is 48.8 Å². The molecule has 1 aromatic carbocycles. The molecule has 136 valence electrons. The van der Waals surface area contributed by atoms with Gasteiger partial charge in [-0.15, -0.1) is 11.3 Å². The van der Waals surface area contributed by atoms with Crippen molar-refractivity contribution in [3.05, 3.63) is 44.3 Å². The molecule has 0 spiro atoms. The molecule has 0 amide bonds. The molecule has 1 aromatic heterocycles. The molecule has 1 saturated heterocycles. The Kier molecular flexibility index (Phi) is 6.03. The lowest BCUT2D eigenvalue weighted by atomic mass is 10.3. The van der Waals surface area contributed by atoms with Crippen LogP contribution in [0.4, 0.5) is 0 Å². The normalized spacial score (nSPS) is 17.1. The number of hydrogen-bond acceptors (Lipinski definition) is 5. The van der Waals surface area contributed by atoms with E-state index in [4.69, 9.17) is 23.2 Å². The molecule has 0 saturated carbocycles. The third-order valence-corrected chi connectivity index (χ3v) is 7.82. The first-order chi connectivity index (χ1) is 11.9. The second-order valence-electron chi connectivity index (χ2n) is 5.84. The Hall–Kier alpha value is -0.700. The van der Waals surface area contributed by atoms with Crippen molar-refractivity contribution in [2.75, 3.05) is 26.2 Å². The summed E-state index contributed by atoms with van der Waals surface area (Å²) in [4.78, 5) is 6.99. The number of thiazole rings is 1. The molecule has 0 unspecified atom stereocenters. The van der Waals surface area contributed by atoms with Crippen molar-refractivity contribution in [1.29, 1.82) is 0 Å². The highest BCUT2D eigenvalue weighted by Gasteiger charge is 2.29. The standard InChI is InChI=1S/C16H19Cl2N3O2S2/c1-2-16-19-12(11-24-16)10-20-5-7-21(8-6-20)25(22,23)13-3-4-14(17)15(18)9-13/h3-4,9,11H,2,5-8,10H2,1H3. The van der Waals surface area contributed by atoms with Gasteiger partial charge in [-0.05, 0) is 24.6 Å². The van der Waals surface area contributed by atoms with Gasteiger partial charge in [0.25, 0.3) is 0 Å². The summed E-state index contributed by atoms with van der Waals surface area (Å²) in [6, 6.07) is 4.42. The molecule has 0 radical (unpaired) electrons. The van der Waals surface area contributed by atoms with E-state index in [9.17, 15) is 8.42 Å². The highest BCUT2D eigenvalue weighted by Crippen LogP contribution is 2.27. The van der Waals surface area contributed by atoms with Crippen LogP contribution in [0.3, 0.4) is 0 Å². The van der Waals surface area contributed by atoms with Gasteiger partial charge in [-0.25, -0.2) is 13.4 Å². The summed E-state index contributed by atoms with van der Waals surface area (Å²) < 4.78 is 27.0. The van der Waals surface area contributed by atoms with Gasteiger partial charge in [-0.1, -0.05) is 30.1 Å². The van der Waals surface area contributed by atoms with E-state index in [-0.39, 0.29) is 9.92 Å². The van der Waals surface area contributed by atoms with E-state index in [0.29, 0.717) is 31.2 Å². The summed E-state index contributed by atoms with van der Waals surface area (Å²) in [6.45, 7) is 5.12. The number of aromatic nitrogens is 1. The van der Waals surface area contributed by atoms with E-state index in [1.165, 1.54) is 22.5 Å². The summed E-state index contributed by atoms with van der Waals surface area (Å²) in [5.74, 6) is 0. The molecule has 0 bridgehead atoms. The van der Waals surface area contributed by atoms with Gasteiger partial charge in [0.2, 0.25) is 10.0 Å². The molecule has 1 aliphatic heterocycles. The Morgan fingerprint density at radius 1 is 1.16 bits per heavy atom. The molecule has 2 aromatic rings. The minimum Gasteiger partial charge on any atom is -0.295 e. The monoisotopic (exact) mass is 419 g/mol. The molecule has 1 aliphatic rings. The SMILES string of the molecule is CCc1nc(CN2CCN(S(=O)(=O)c3ccc(Cl)c(Cl)c3)CC2)cs1. The zero-order chi connectivity index (χ0) is 18.0. The number of benzene rings is 1. The smallest absolute Gasteiger partial charge is 0.243 e. The molecule has 0 N–H and O–H groups in total. The van der Waals surface area contributed by atoms with Gasteiger partial charge in [0.15, 0.2) is 0 Å². The molecular weight excluding hydrogens is 401 g/mol. The van der Waals surface area contributed by atoms with E-state index < -0.39 is 10.0 Å². The van der Waals surface area contributed by atoms with Gasteiger partial charge in [0.1, 0.15) is 0 Å². The molecule has 0 aliphatic carbocycles. The average molecular weight is 420 g/mol. The van der Waals surface area contributed by atoms with E-state index >= 15 is 0 Å². The maximum atomic E-state index is 12.8. The molecule has 3 rings (SSSR count). The van der Waals surface area contributed by atoms with Crippen LogP contribution >= 0.6 is 34.5 Å². The zero-order valence-corrected chi connectivity index (χ0v) is 16.9. The minimum absolute atomic E-state index is 0.183. The van der Waals surface area contributed by atoms with E-state index in [0.717, 1.165) is 23.7 Å². The first kappa shape index (κ1) is 19.1. The van der Waals surface area contributed by atoms with E-state index in [1.54, 1.807) is 11.3 Å². The Morgan fingerprint density at radius 2 is 1.88 bits per heavy atom. The van der Waals surface area contributed by atoms with Crippen LogP contribution in [0.2, 0.25) is 10.0 Å². The van der Waals surface area contributed by atoms with Gasteiger partial charge in [0, 0.05) is 38.1 Å². The van der Waals surface area contributed by atoms with Gasteiger partial charge in [0.05, 0.1) is 25.6 Å². The second-order valence-corrected chi connectivity index (χ2v) is 9.54. The van der Waals surface area contributed by atoms with Crippen molar-refractivity contribution >= 4 is 44.6 Å². The molecule has 0 atom stereocenters. The lowest BCUT2D eigenvalue weighted by Crippen LogP contribution is -2.48. The summed E-state index contributed by atoms with van der Waals surface area (Å²) in [6.07, 6.45) is 0.945. The summed E-state index contributed by atoms with van der Waals surface area (Å²) in [5, 5.41) is 3.81. The lowest BCUT2D eigenvalue weighted by molar-refractivity contribution is 0.180. The van der Waals surface area contributed by atoms with Gasteiger partial charge >= 0.3 is 0 Å². The fourth-order valence-corrected chi connectivity index (χ4v) is 5.28. The predicted octanol–water partition coefficient (Wildman–Crippen LogP) is 3.52. The highest BCUT2D eigenvalue weighted by atomic mass is 35.5. The van der Waals surface area contributed by atoms with Gasteiger partial charge in [-0.3, -0.25) is 4.90 Å². The van der Waals surface area contributed by atoms with Crippen molar-refractivity contribution in [3.8, 4) is 0 Å². The van der Waals surface area contributed by atoms with Gasteiger partial charge < -0.3 is 0 Å². The first-order valence-corrected chi connectivity index (χ1v) is 11.1. The third kappa shape index (κ3) is 4.35. The quantitative estimate of drug-likeness (QED) is 0.743. The molecule has 2 heterocycles. The maximum absolute atomic E-state index is 12.8. The second kappa shape index (κ2) is 7.90. The van der Waals surface area contributed by atoms with Crippen molar-refractivity contribution in [3.63, 3.8) is 0 Å². The molecule has 25 heavy (non-hydrogen) atoms. The zero-order valence-electron chi connectivity index (χ0n) is 13.8. The van der Waals surface area contributed by atoms with Crippen LogP contribution in [-0.2, 0) is 23.0 Å². The summed E-state index contributed by atoms with van der Waals surface area (Å²) >= 11 is 13.5. The predicted molar refractivity (Wildman–Crippen MR) is 102 cm³/mol. The van der Waals surface area contributed by atoms with Crippen LogP contribution in [0.25, 0.3) is 0 Å². The van der Waals surface area contributed by atoms with Crippen molar-refractivity contribution in [2.24, 2.45) is 0 Å². The van der Waals surface area contributed by atoms with Crippen molar-refractivity contribution in [2.45, 2.75) is 24.8 Å². The maximum Gasteiger partial charge on any atom is 0.243 e. The number of hydrogen-bond donors (Lipinski definition) is 0. The van der Waals surface area contributed by atoms with Crippen molar-refractivity contribution < 1.29 is 8.42 Å². The number of halogens is 2. The third-order valence-electron chi connectivity index (χ3n) is 4.15. The van der Waals surface area contributed by atoms with Crippen LogP contribution in [0.1, 0.15) is 17.6 Å². The minimum atomic E-state index is -3.55. The molecular formula is C16H19Cl2N3O2S2. The fraction of sp³-hybridized carbons (Fsp3) is 0.438. The number of nitrogens with zero attached hydrogens (tertiary/aromatic N) is 3. The Morgan fingerprint density at radius 3 is 2.48 bits per heavy atom. The van der Waals surface area contributed by atoms with Crippen LogP contribution in [0.15, 0.2) is 28.5 Å². The molecule has 5 nitrogen and oxygen atoms in total. The average Bonchev–Trinajstić information content (AvgIpc) is 3.05. The summed E-state index contributed by atoms with van der Waals surface area (Å²) in [5.41, 5.74) is 1.06. The van der Waals surface area contributed by atoms with Crippen molar-refractivity contribution in [1.82, 2.24) is 14.2 Å².